The highest BCUT2D eigenvalue weighted by Crippen LogP contribution is 2.33. The van der Waals surface area contributed by atoms with Crippen molar-refractivity contribution >= 4 is 19.4 Å². The lowest BCUT2D eigenvalue weighted by Crippen LogP contribution is -2.61. The van der Waals surface area contributed by atoms with Crippen molar-refractivity contribution in [3.63, 3.8) is 0 Å². The zero-order chi connectivity index (χ0) is 16.4. The number of carbonyl (C=O) groups excluding carboxylic acids is 1. The van der Waals surface area contributed by atoms with Crippen LogP contribution < -0.4 is 0 Å². The van der Waals surface area contributed by atoms with Crippen molar-refractivity contribution in [1.82, 2.24) is 9.80 Å². The Labute approximate surface area is 150 Å². The van der Waals surface area contributed by atoms with Crippen molar-refractivity contribution < 1.29 is 13.9 Å². The number of hydrogen-bond acceptors (Lipinski definition) is 3. The molecule has 0 bridgehead atoms. The zero-order valence-electron chi connectivity index (χ0n) is 14.4. The van der Waals surface area contributed by atoms with Gasteiger partial charge in [-0.1, -0.05) is 12.1 Å². The number of likely N-dealkylation sites (tertiary alicyclic amines) is 1. The molecule has 0 aliphatic carbocycles. The molecule has 0 N–H and O–H groups in total. The summed E-state index contributed by atoms with van der Waals surface area (Å²) in [5, 5.41) is 0. The van der Waals surface area contributed by atoms with Crippen LogP contribution in [0.3, 0.4) is 0 Å². The van der Waals surface area contributed by atoms with E-state index >= 15 is 0 Å². The first-order chi connectivity index (χ1) is 11.0. The molecule has 2 heterocycles. The highest BCUT2D eigenvalue weighted by Gasteiger charge is 2.44. The number of piperidine rings is 1. The third-order valence-electron chi connectivity index (χ3n) is 5.03. The Kier molecular flexibility index (Phi) is 6.28. The van der Waals surface area contributed by atoms with Gasteiger partial charge in [-0.15, -0.1) is 0 Å². The van der Waals surface area contributed by atoms with Crippen LogP contribution >= 0.6 is 13.5 Å². The van der Waals surface area contributed by atoms with Crippen molar-refractivity contribution in [3.8, 4) is 0 Å². The molecule has 2 saturated heterocycles. The van der Waals surface area contributed by atoms with Gasteiger partial charge in [-0.3, -0.25) is 9.69 Å². The van der Waals surface area contributed by atoms with Crippen LogP contribution in [0.1, 0.15) is 32.3 Å². The first-order valence-electron chi connectivity index (χ1n) is 8.45. The van der Waals surface area contributed by atoms with E-state index in [1.54, 1.807) is 0 Å². The second-order valence-electron chi connectivity index (χ2n) is 6.70. The standard InChI is InChI=1S/C18H25FN2O2.H2S/c1-3-21-13-18(23-14(2)17(21)22)8-10-20(11-9-18)12-15-4-6-16(19)7-5-15;/h4-7,14H,3,8-13H2,1-2H3;1H2/t14-;/m0./s1. The van der Waals surface area contributed by atoms with E-state index in [1.165, 1.54) is 12.1 Å². The third kappa shape index (κ3) is 4.10. The Morgan fingerprint density at radius 2 is 1.88 bits per heavy atom. The van der Waals surface area contributed by atoms with Crippen LogP contribution in [0.5, 0.6) is 0 Å². The fourth-order valence-electron chi connectivity index (χ4n) is 3.66. The maximum atomic E-state index is 13.0. The van der Waals surface area contributed by atoms with E-state index < -0.39 is 0 Å². The molecule has 6 heteroatoms. The van der Waals surface area contributed by atoms with Gasteiger partial charge < -0.3 is 9.64 Å². The van der Waals surface area contributed by atoms with Gasteiger partial charge in [0.25, 0.3) is 5.91 Å². The summed E-state index contributed by atoms with van der Waals surface area (Å²) in [6.07, 6.45) is 1.53. The van der Waals surface area contributed by atoms with E-state index in [9.17, 15) is 9.18 Å². The second kappa shape index (κ2) is 7.85. The number of benzene rings is 1. The van der Waals surface area contributed by atoms with Crippen LogP contribution in [0.15, 0.2) is 24.3 Å². The summed E-state index contributed by atoms with van der Waals surface area (Å²) >= 11 is 0. The third-order valence-corrected chi connectivity index (χ3v) is 5.03. The molecule has 3 rings (SSSR count). The summed E-state index contributed by atoms with van der Waals surface area (Å²) in [4.78, 5) is 16.4. The van der Waals surface area contributed by atoms with Crippen LogP contribution in [0.25, 0.3) is 0 Å². The SMILES string of the molecule is CCN1CC2(CCN(Cc3ccc(F)cc3)CC2)O[C@@H](C)C1=O.S. The molecule has 4 nitrogen and oxygen atoms in total. The highest BCUT2D eigenvalue weighted by molar-refractivity contribution is 7.59. The summed E-state index contributed by atoms with van der Waals surface area (Å²) in [6, 6.07) is 6.71. The minimum absolute atomic E-state index is 0. The van der Waals surface area contributed by atoms with E-state index in [4.69, 9.17) is 4.74 Å². The lowest BCUT2D eigenvalue weighted by molar-refractivity contribution is -0.189. The molecule has 0 radical (unpaired) electrons. The lowest BCUT2D eigenvalue weighted by Gasteiger charge is -2.49. The molecular weight excluding hydrogens is 327 g/mol. The number of halogens is 1. The van der Waals surface area contributed by atoms with Crippen molar-refractivity contribution in [3.05, 3.63) is 35.6 Å². The van der Waals surface area contributed by atoms with Crippen molar-refractivity contribution in [1.29, 1.82) is 0 Å². The predicted molar refractivity (Wildman–Crippen MR) is 96.8 cm³/mol. The molecule has 0 saturated carbocycles. The quantitative estimate of drug-likeness (QED) is 0.836. The average Bonchev–Trinajstić information content (AvgIpc) is 2.55. The summed E-state index contributed by atoms with van der Waals surface area (Å²) < 4.78 is 19.1. The van der Waals surface area contributed by atoms with Gasteiger partial charge in [0, 0.05) is 32.7 Å². The van der Waals surface area contributed by atoms with Gasteiger partial charge in [0.2, 0.25) is 0 Å². The summed E-state index contributed by atoms with van der Waals surface area (Å²) in [5.41, 5.74) is 0.938. The molecule has 1 atom stereocenters. The second-order valence-corrected chi connectivity index (χ2v) is 6.70. The number of likely N-dealkylation sites (N-methyl/N-ethyl adjacent to an activating group) is 1. The molecule has 1 aromatic carbocycles. The normalized spacial score (nSPS) is 24.0. The smallest absolute Gasteiger partial charge is 0.251 e. The Morgan fingerprint density at radius 1 is 1.25 bits per heavy atom. The van der Waals surface area contributed by atoms with Crippen LogP contribution in [0.2, 0.25) is 0 Å². The van der Waals surface area contributed by atoms with Crippen LogP contribution in [-0.2, 0) is 16.1 Å². The summed E-state index contributed by atoms with van der Waals surface area (Å²) in [6.45, 7) is 8.04. The lowest BCUT2D eigenvalue weighted by atomic mass is 9.88. The Morgan fingerprint density at radius 3 is 2.46 bits per heavy atom. The molecule has 1 spiro atoms. The molecule has 1 amide bonds. The van der Waals surface area contributed by atoms with Crippen molar-refractivity contribution in [2.45, 2.75) is 44.9 Å². The largest absolute Gasteiger partial charge is 0.360 e. The Balaban J connectivity index is 0.00000208. The maximum Gasteiger partial charge on any atom is 0.251 e. The number of amides is 1. The van der Waals surface area contributed by atoms with E-state index in [2.05, 4.69) is 4.90 Å². The molecule has 0 unspecified atom stereocenters. The van der Waals surface area contributed by atoms with Gasteiger partial charge >= 0.3 is 0 Å². The minimum Gasteiger partial charge on any atom is -0.360 e. The molecule has 1 aromatic rings. The summed E-state index contributed by atoms with van der Waals surface area (Å²) in [5.74, 6) is -0.0906. The molecule has 24 heavy (non-hydrogen) atoms. The van der Waals surface area contributed by atoms with Crippen LogP contribution in [-0.4, -0.2) is 53.6 Å². The fraction of sp³-hybridized carbons (Fsp3) is 0.611. The Hall–Kier alpha value is -1.11. The van der Waals surface area contributed by atoms with Gasteiger partial charge in [0.05, 0.1) is 5.60 Å². The van der Waals surface area contributed by atoms with Crippen LogP contribution in [0, 0.1) is 5.82 Å². The van der Waals surface area contributed by atoms with E-state index in [-0.39, 0.29) is 36.9 Å². The fourth-order valence-corrected chi connectivity index (χ4v) is 3.66. The molecule has 2 fully saturated rings. The number of morpholine rings is 1. The first-order valence-corrected chi connectivity index (χ1v) is 8.45. The van der Waals surface area contributed by atoms with Gasteiger partial charge in [-0.25, -0.2) is 4.39 Å². The number of ether oxygens (including phenoxy) is 1. The number of rotatable bonds is 3. The monoisotopic (exact) mass is 354 g/mol. The Bertz CT molecular complexity index is 559. The molecule has 2 aliphatic rings. The van der Waals surface area contributed by atoms with Gasteiger partial charge in [0.15, 0.2) is 0 Å². The van der Waals surface area contributed by atoms with Gasteiger partial charge in [-0.2, -0.15) is 13.5 Å². The summed E-state index contributed by atoms with van der Waals surface area (Å²) in [7, 11) is 0. The zero-order valence-corrected chi connectivity index (χ0v) is 15.4. The molecular formula is C18H27FN2O2S. The van der Waals surface area contributed by atoms with Crippen LogP contribution in [0.4, 0.5) is 4.39 Å². The van der Waals surface area contributed by atoms with E-state index in [0.29, 0.717) is 6.54 Å². The highest BCUT2D eigenvalue weighted by atomic mass is 32.1. The predicted octanol–water partition coefficient (Wildman–Crippen LogP) is 2.54. The number of nitrogens with zero attached hydrogens (tertiary/aromatic N) is 2. The van der Waals surface area contributed by atoms with E-state index in [1.807, 2.05) is 30.9 Å². The number of hydrogen-bond donors (Lipinski definition) is 0. The minimum atomic E-state index is -0.340. The van der Waals surface area contributed by atoms with Gasteiger partial charge in [-0.05, 0) is 44.4 Å². The van der Waals surface area contributed by atoms with Crippen molar-refractivity contribution in [2.24, 2.45) is 0 Å². The topological polar surface area (TPSA) is 32.8 Å². The molecule has 134 valence electrons. The number of carbonyl (C=O) groups is 1. The first kappa shape index (κ1) is 19.2. The van der Waals surface area contributed by atoms with Crippen molar-refractivity contribution in [2.75, 3.05) is 26.2 Å². The average molecular weight is 354 g/mol. The van der Waals surface area contributed by atoms with E-state index in [0.717, 1.165) is 44.6 Å². The maximum absolute atomic E-state index is 13.0. The molecule has 0 aromatic heterocycles. The van der Waals surface area contributed by atoms with Gasteiger partial charge in [0.1, 0.15) is 11.9 Å². The molecule has 2 aliphatic heterocycles.